The lowest BCUT2D eigenvalue weighted by atomic mass is 10.1. The van der Waals surface area contributed by atoms with Crippen LogP contribution >= 0.6 is 0 Å². The molecule has 1 fully saturated rings. The predicted octanol–water partition coefficient (Wildman–Crippen LogP) is 4.49. The minimum atomic E-state index is -4.51. The molecule has 0 saturated carbocycles. The molecule has 1 aromatic heterocycles. The molecule has 0 radical (unpaired) electrons. The van der Waals surface area contributed by atoms with Crippen LogP contribution in [-0.2, 0) is 13.2 Å². The Morgan fingerprint density at radius 2 is 1.75 bits per heavy atom. The Labute approximate surface area is 161 Å². The molecule has 2 aromatic rings. The number of hydrogen-bond acceptors (Lipinski definition) is 3. The molecule has 28 heavy (non-hydrogen) atoms. The van der Waals surface area contributed by atoms with E-state index in [0.29, 0.717) is 11.3 Å². The SMILES string of the molecule is CC(=O)c1cc(C(=O)Nc2cc(C(F)(F)F)ccc2N2CCCCC2)n(C)c1. The number of benzene rings is 1. The second-order valence-corrected chi connectivity index (χ2v) is 7.01. The molecule has 3 rings (SSSR count). The average molecular weight is 393 g/mol. The zero-order chi connectivity index (χ0) is 20.5. The Morgan fingerprint density at radius 1 is 1.07 bits per heavy atom. The topological polar surface area (TPSA) is 54.3 Å². The van der Waals surface area contributed by atoms with Gasteiger partial charge in [0.15, 0.2) is 5.78 Å². The van der Waals surface area contributed by atoms with E-state index in [1.807, 2.05) is 4.90 Å². The van der Waals surface area contributed by atoms with Crippen LogP contribution in [0.4, 0.5) is 24.5 Å². The Hall–Kier alpha value is -2.77. The standard InChI is InChI=1S/C20H22F3N3O2/c1-13(27)14-10-18(25(2)12-14)19(28)24-16-11-15(20(21,22)23)6-7-17(16)26-8-4-3-5-9-26/h6-7,10-12H,3-5,8-9H2,1-2H3,(H,24,28). The van der Waals surface area contributed by atoms with Crippen LogP contribution < -0.4 is 10.2 Å². The van der Waals surface area contributed by atoms with Crippen molar-refractivity contribution in [2.75, 3.05) is 23.3 Å². The number of aryl methyl sites for hydroxylation is 1. The summed E-state index contributed by atoms with van der Waals surface area (Å²) >= 11 is 0. The van der Waals surface area contributed by atoms with E-state index in [0.717, 1.165) is 44.5 Å². The van der Waals surface area contributed by atoms with E-state index in [-0.39, 0.29) is 17.2 Å². The summed E-state index contributed by atoms with van der Waals surface area (Å²) in [6, 6.07) is 4.86. The molecule has 0 spiro atoms. The molecular weight excluding hydrogens is 371 g/mol. The number of hydrogen-bond donors (Lipinski definition) is 1. The van der Waals surface area contributed by atoms with Gasteiger partial charge in [-0.25, -0.2) is 0 Å². The van der Waals surface area contributed by atoms with E-state index in [9.17, 15) is 22.8 Å². The first-order valence-corrected chi connectivity index (χ1v) is 9.11. The number of alkyl halides is 3. The van der Waals surface area contributed by atoms with Crippen molar-refractivity contribution >= 4 is 23.1 Å². The number of nitrogens with one attached hydrogen (secondary N) is 1. The Morgan fingerprint density at radius 3 is 2.32 bits per heavy atom. The van der Waals surface area contributed by atoms with Crippen LogP contribution in [0, 0.1) is 0 Å². The van der Waals surface area contributed by atoms with Gasteiger partial charge >= 0.3 is 6.18 Å². The van der Waals surface area contributed by atoms with Gasteiger partial charge in [-0.1, -0.05) is 0 Å². The van der Waals surface area contributed by atoms with Gasteiger partial charge in [0.2, 0.25) is 0 Å². The van der Waals surface area contributed by atoms with Crippen LogP contribution in [0.2, 0.25) is 0 Å². The lowest BCUT2D eigenvalue weighted by Crippen LogP contribution is -2.30. The van der Waals surface area contributed by atoms with Gasteiger partial charge in [-0.2, -0.15) is 13.2 Å². The Bertz CT molecular complexity index is 897. The lowest BCUT2D eigenvalue weighted by molar-refractivity contribution is -0.137. The van der Waals surface area contributed by atoms with Crippen molar-refractivity contribution in [3.8, 4) is 0 Å². The van der Waals surface area contributed by atoms with Crippen LogP contribution in [0.5, 0.6) is 0 Å². The van der Waals surface area contributed by atoms with Gasteiger partial charge in [-0.15, -0.1) is 0 Å². The molecule has 1 saturated heterocycles. The molecule has 0 unspecified atom stereocenters. The van der Waals surface area contributed by atoms with E-state index >= 15 is 0 Å². The monoisotopic (exact) mass is 393 g/mol. The molecule has 1 aliphatic heterocycles. The van der Waals surface area contributed by atoms with Crippen molar-refractivity contribution < 1.29 is 22.8 Å². The van der Waals surface area contributed by atoms with Crippen molar-refractivity contribution in [2.45, 2.75) is 32.4 Å². The normalized spacial score (nSPS) is 14.8. The number of ketones is 1. The molecule has 2 heterocycles. The summed E-state index contributed by atoms with van der Waals surface area (Å²) in [5.41, 5.74) is 0.439. The fourth-order valence-corrected chi connectivity index (χ4v) is 3.39. The molecule has 5 nitrogen and oxygen atoms in total. The van der Waals surface area contributed by atoms with Gasteiger partial charge in [-0.05, 0) is 50.5 Å². The zero-order valence-corrected chi connectivity index (χ0v) is 15.8. The third-order valence-corrected chi connectivity index (χ3v) is 4.91. The van der Waals surface area contributed by atoms with Crippen LogP contribution in [-0.4, -0.2) is 29.3 Å². The molecule has 150 valence electrons. The fourth-order valence-electron chi connectivity index (χ4n) is 3.39. The molecule has 0 aliphatic carbocycles. The van der Waals surface area contributed by atoms with Crippen LogP contribution in [0.25, 0.3) is 0 Å². The third kappa shape index (κ3) is 4.21. The summed E-state index contributed by atoms with van der Waals surface area (Å²) in [6.45, 7) is 2.85. The van der Waals surface area contributed by atoms with Crippen molar-refractivity contribution in [1.82, 2.24) is 4.57 Å². The van der Waals surface area contributed by atoms with E-state index in [4.69, 9.17) is 0 Å². The minimum absolute atomic E-state index is 0.118. The minimum Gasteiger partial charge on any atom is -0.370 e. The number of anilines is 2. The first-order valence-electron chi connectivity index (χ1n) is 9.11. The van der Waals surface area contributed by atoms with Gasteiger partial charge in [0, 0.05) is 31.9 Å². The fraction of sp³-hybridized carbons (Fsp3) is 0.400. The van der Waals surface area contributed by atoms with E-state index < -0.39 is 17.6 Å². The smallest absolute Gasteiger partial charge is 0.370 e. The summed E-state index contributed by atoms with van der Waals surface area (Å²) in [4.78, 5) is 26.2. The summed E-state index contributed by atoms with van der Waals surface area (Å²) in [6.07, 6.45) is -0.00000892. The lowest BCUT2D eigenvalue weighted by Gasteiger charge is -2.31. The maximum atomic E-state index is 13.2. The highest BCUT2D eigenvalue weighted by atomic mass is 19.4. The maximum absolute atomic E-state index is 13.2. The number of amides is 1. The van der Waals surface area contributed by atoms with Gasteiger partial charge in [0.05, 0.1) is 16.9 Å². The molecule has 1 N–H and O–H groups in total. The van der Waals surface area contributed by atoms with Gasteiger partial charge in [-0.3, -0.25) is 9.59 Å². The van der Waals surface area contributed by atoms with Crippen molar-refractivity contribution in [2.24, 2.45) is 7.05 Å². The van der Waals surface area contributed by atoms with Crippen LogP contribution in [0.1, 0.15) is 52.6 Å². The van der Waals surface area contributed by atoms with E-state index in [1.165, 1.54) is 29.8 Å². The molecular formula is C20H22F3N3O2. The molecule has 1 amide bonds. The molecule has 1 aromatic carbocycles. The molecule has 0 atom stereocenters. The molecule has 1 aliphatic rings. The highest BCUT2D eigenvalue weighted by molar-refractivity contribution is 6.07. The number of carbonyl (C=O) groups is 2. The van der Waals surface area contributed by atoms with E-state index in [1.54, 1.807) is 7.05 Å². The number of piperidine rings is 1. The number of rotatable bonds is 4. The number of Topliss-reactive ketones (excluding diaryl/α,β-unsaturated/α-hetero) is 1. The van der Waals surface area contributed by atoms with Crippen LogP contribution in [0.15, 0.2) is 30.5 Å². The largest absolute Gasteiger partial charge is 0.416 e. The first-order chi connectivity index (χ1) is 13.2. The first kappa shape index (κ1) is 20.0. The summed E-state index contributed by atoms with van der Waals surface area (Å²) in [5.74, 6) is -0.754. The number of carbonyl (C=O) groups excluding carboxylic acids is 2. The quantitative estimate of drug-likeness (QED) is 0.779. The van der Waals surface area contributed by atoms with Gasteiger partial charge < -0.3 is 14.8 Å². The third-order valence-electron chi connectivity index (χ3n) is 4.91. The summed E-state index contributed by atoms with van der Waals surface area (Å²) in [5, 5.41) is 2.62. The maximum Gasteiger partial charge on any atom is 0.416 e. The summed E-state index contributed by atoms with van der Waals surface area (Å²) < 4.78 is 41.1. The number of nitrogens with zero attached hydrogens (tertiary/aromatic N) is 2. The molecule has 0 bridgehead atoms. The Kier molecular flexibility index (Phi) is 5.49. The summed E-state index contributed by atoms with van der Waals surface area (Å²) in [7, 11) is 1.61. The zero-order valence-electron chi connectivity index (χ0n) is 15.8. The van der Waals surface area contributed by atoms with Gasteiger partial charge in [0.1, 0.15) is 5.69 Å². The van der Waals surface area contributed by atoms with Crippen molar-refractivity contribution in [1.29, 1.82) is 0 Å². The number of aromatic nitrogens is 1. The average Bonchev–Trinajstić information content (AvgIpc) is 3.04. The van der Waals surface area contributed by atoms with E-state index in [2.05, 4.69) is 5.32 Å². The highest BCUT2D eigenvalue weighted by Crippen LogP contribution is 2.36. The number of halogens is 3. The van der Waals surface area contributed by atoms with Gasteiger partial charge in [0.25, 0.3) is 5.91 Å². The highest BCUT2D eigenvalue weighted by Gasteiger charge is 2.32. The second kappa shape index (κ2) is 7.69. The molecule has 8 heteroatoms. The predicted molar refractivity (Wildman–Crippen MR) is 101 cm³/mol. The van der Waals surface area contributed by atoms with Crippen molar-refractivity contribution in [3.63, 3.8) is 0 Å². The van der Waals surface area contributed by atoms with Crippen molar-refractivity contribution in [3.05, 3.63) is 47.3 Å². The van der Waals surface area contributed by atoms with Crippen LogP contribution in [0.3, 0.4) is 0 Å². The Balaban J connectivity index is 1.96. The second-order valence-electron chi connectivity index (χ2n) is 7.01.